The van der Waals surface area contributed by atoms with Crippen LogP contribution in [0.4, 0.5) is 5.69 Å². The maximum atomic E-state index is 6.11. The predicted molar refractivity (Wildman–Crippen MR) is 88.4 cm³/mol. The van der Waals surface area contributed by atoms with Gasteiger partial charge in [-0.2, -0.15) is 0 Å². The molecule has 0 aromatic heterocycles. The minimum absolute atomic E-state index is 0.524. The highest BCUT2D eigenvalue weighted by Crippen LogP contribution is 2.36. The Morgan fingerprint density at radius 2 is 2.16 bits per heavy atom. The summed E-state index contributed by atoms with van der Waals surface area (Å²) in [6.45, 7) is 0. The van der Waals surface area contributed by atoms with Gasteiger partial charge in [-0.1, -0.05) is 42.3 Å². The molecule has 5 heteroatoms. The number of fused-ring (bicyclic) bond motifs is 1. The molecule has 0 bridgehead atoms. The maximum absolute atomic E-state index is 6.11. The molecule has 0 saturated heterocycles. The van der Waals surface area contributed by atoms with Gasteiger partial charge in [-0.25, -0.2) is 0 Å². The molecule has 0 spiro atoms. The molecule has 0 amide bonds. The Kier molecular flexibility index (Phi) is 4.40. The van der Waals surface area contributed by atoms with Crippen LogP contribution < -0.4 is 5.32 Å². The molecule has 19 heavy (non-hydrogen) atoms. The van der Waals surface area contributed by atoms with Crippen molar-refractivity contribution in [3.8, 4) is 0 Å². The number of nitrogens with one attached hydrogen (secondary N) is 1. The van der Waals surface area contributed by atoms with Crippen molar-refractivity contribution < 1.29 is 0 Å². The van der Waals surface area contributed by atoms with Crippen molar-refractivity contribution in [2.24, 2.45) is 10.9 Å². The molecule has 3 rings (SSSR count). The Morgan fingerprint density at radius 1 is 1.32 bits per heavy atom. The van der Waals surface area contributed by atoms with E-state index in [9.17, 15) is 0 Å². The zero-order chi connectivity index (χ0) is 13.2. The highest BCUT2D eigenvalue weighted by molar-refractivity contribution is 9.10. The molecule has 1 aromatic rings. The number of thioether (sulfide) groups is 1. The Balaban J connectivity index is 1.76. The SMILES string of the molecule is Clc1cccc(NC2=NC3CCCCC3CS2)c1Br. The normalized spacial score (nSPS) is 26.5. The van der Waals surface area contributed by atoms with E-state index in [0.29, 0.717) is 6.04 Å². The number of hydrogen-bond acceptors (Lipinski definition) is 3. The number of amidine groups is 1. The van der Waals surface area contributed by atoms with E-state index in [2.05, 4.69) is 21.2 Å². The molecular weight excluding hydrogens is 344 g/mol. The number of hydrogen-bond donors (Lipinski definition) is 1. The Hall–Kier alpha value is -0.190. The summed E-state index contributed by atoms with van der Waals surface area (Å²) >= 11 is 11.5. The summed E-state index contributed by atoms with van der Waals surface area (Å²) in [5.41, 5.74) is 0.994. The second-order valence-electron chi connectivity index (χ2n) is 5.08. The van der Waals surface area contributed by atoms with E-state index in [1.165, 1.54) is 31.4 Å². The van der Waals surface area contributed by atoms with Crippen molar-refractivity contribution >= 4 is 50.1 Å². The van der Waals surface area contributed by atoms with Crippen LogP contribution in [0, 0.1) is 5.92 Å². The minimum Gasteiger partial charge on any atom is -0.334 e. The first-order valence-electron chi connectivity index (χ1n) is 6.65. The number of halogens is 2. The van der Waals surface area contributed by atoms with Crippen LogP contribution in [0.1, 0.15) is 25.7 Å². The van der Waals surface area contributed by atoms with Gasteiger partial charge in [-0.05, 0) is 46.8 Å². The van der Waals surface area contributed by atoms with Gasteiger partial charge < -0.3 is 5.32 Å². The molecule has 2 unspecified atom stereocenters. The fourth-order valence-electron chi connectivity index (χ4n) is 2.71. The smallest absolute Gasteiger partial charge is 0.161 e. The van der Waals surface area contributed by atoms with Crippen LogP contribution in [0.15, 0.2) is 27.7 Å². The summed E-state index contributed by atoms with van der Waals surface area (Å²) in [5, 5.41) is 5.16. The molecule has 1 fully saturated rings. The Bertz CT molecular complexity index is 506. The first kappa shape index (κ1) is 13.8. The standard InChI is InChI=1S/C14H16BrClN2S/c15-13-10(16)5-3-7-12(13)18-14-17-11-6-2-1-4-9(11)8-19-14/h3,5,7,9,11H,1-2,4,6,8H2,(H,17,18). The van der Waals surface area contributed by atoms with E-state index in [1.54, 1.807) is 0 Å². The van der Waals surface area contributed by atoms with Crippen molar-refractivity contribution in [1.29, 1.82) is 0 Å². The molecule has 2 aliphatic rings. The summed E-state index contributed by atoms with van der Waals surface area (Å²) in [5.74, 6) is 1.97. The van der Waals surface area contributed by atoms with Gasteiger partial charge in [0.15, 0.2) is 5.17 Å². The summed E-state index contributed by atoms with van der Waals surface area (Å²) in [4.78, 5) is 4.87. The topological polar surface area (TPSA) is 24.4 Å². The third-order valence-corrected chi connectivity index (χ3v) is 6.25. The molecule has 0 radical (unpaired) electrons. The molecule has 1 aromatic carbocycles. The average molecular weight is 360 g/mol. The second kappa shape index (κ2) is 6.06. The summed E-state index contributed by atoms with van der Waals surface area (Å²) in [6.07, 6.45) is 5.28. The largest absolute Gasteiger partial charge is 0.334 e. The van der Waals surface area contributed by atoms with Gasteiger partial charge in [0.2, 0.25) is 0 Å². The Labute approximate surface area is 131 Å². The van der Waals surface area contributed by atoms with Crippen molar-refractivity contribution in [1.82, 2.24) is 0 Å². The monoisotopic (exact) mass is 358 g/mol. The summed E-state index contributed by atoms with van der Waals surface area (Å²) < 4.78 is 0.908. The van der Waals surface area contributed by atoms with Crippen LogP contribution in [0.5, 0.6) is 0 Å². The van der Waals surface area contributed by atoms with Crippen LogP contribution in [-0.2, 0) is 0 Å². The van der Waals surface area contributed by atoms with Gasteiger partial charge in [0.25, 0.3) is 0 Å². The maximum Gasteiger partial charge on any atom is 0.161 e. The lowest BCUT2D eigenvalue weighted by Crippen LogP contribution is -2.31. The van der Waals surface area contributed by atoms with Gasteiger partial charge in [0.05, 0.1) is 21.2 Å². The first-order valence-corrected chi connectivity index (χ1v) is 8.81. The first-order chi connectivity index (χ1) is 9.24. The fraction of sp³-hybridized carbons (Fsp3) is 0.500. The molecule has 1 aliphatic heterocycles. The summed E-state index contributed by atoms with van der Waals surface area (Å²) in [6, 6.07) is 6.37. The van der Waals surface area contributed by atoms with Crippen molar-refractivity contribution in [3.05, 3.63) is 27.7 Å². The van der Waals surface area contributed by atoms with Gasteiger partial charge >= 0.3 is 0 Å². The Morgan fingerprint density at radius 3 is 3.05 bits per heavy atom. The van der Waals surface area contributed by atoms with Crippen molar-refractivity contribution in [3.63, 3.8) is 0 Å². The number of rotatable bonds is 1. The van der Waals surface area contributed by atoms with Gasteiger partial charge in [-0.15, -0.1) is 0 Å². The van der Waals surface area contributed by atoms with Gasteiger partial charge in [0.1, 0.15) is 0 Å². The van der Waals surface area contributed by atoms with E-state index < -0.39 is 0 Å². The highest BCUT2D eigenvalue weighted by atomic mass is 79.9. The zero-order valence-corrected chi connectivity index (χ0v) is 13.7. The third kappa shape index (κ3) is 3.11. The van der Waals surface area contributed by atoms with Crippen LogP contribution >= 0.6 is 39.3 Å². The van der Waals surface area contributed by atoms with Crippen LogP contribution in [-0.4, -0.2) is 17.0 Å². The molecule has 1 saturated carbocycles. The molecule has 2 atom stereocenters. The number of anilines is 1. The van der Waals surface area contributed by atoms with Crippen LogP contribution in [0.25, 0.3) is 0 Å². The molecule has 102 valence electrons. The molecule has 1 heterocycles. The summed E-state index contributed by atoms with van der Waals surface area (Å²) in [7, 11) is 0. The zero-order valence-electron chi connectivity index (χ0n) is 10.5. The lowest BCUT2D eigenvalue weighted by molar-refractivity contribution is 0.336. The van der Waals surface area contributed by atoms with Crippen molar-refractivity contribution in [2.75, 3.05) is 11.1 Å². The quantitative estimate of drug-likeness (QED) is 0.747. The molecule has 1 N–H and O–H groups in total. The van der Waals surface area contributed by atoms with E-state index in [0.717, 1.165) is 26.3 Å². The van der Waals surface area contributed by atoms with Crippen molar-refractivity contribution in [2.45, 2.75) is 31.7 Å². The van der Waals surface area contributed by atoms with Crippen LogP contribution in [0.3, 0.4) is 0 Å². The highest BCUT2D eigenvalue weighted by Gasteiger charge is 2.29. The minimum atomic E-state index is 0.524. The average Bonchev–Trinajstić information content (AvgIpc) is 2.44. The molecular formula is C14H16BrClN2S. The molecule has 2 nitrogen and oxygen atoms in total. The van der Waals surface area contributed by atoms with E-state index >= 15 is 0 Å². The predicted octanol–water partition coefficient (Wildman–Crippen LogP) is 5.18. The van der Waals surface area contributed by atoms with Gasteiger partial charge in [0, 0.05) is 5.75 Å². The lowest BCUT2D eigenvalue weighted by Gasteiger charge is -2.32. The van der Waals surface area contributed by atoms with Gasteiger partial charge in [-0.3, -0.25) is 4.99 Å². The third-order valence-electron chi connectivity index (χ3n) is 3.78. The number of nitrogens with zero attached hydrogens (tertiary/aromatic N) is 1. The number of aliphatic imine (C=N–C) groups is 1. The van der Waals surface area contributed by atoms with E-state index in [-0.39, 0.29) is 0 Å². The second-order valence-corrected chi connectivity index (χ2v) is 7.29. The fourth-order valence-corrected chi connectivity index (χ4v) is 4.40. The molecule has 1 aliphatic carbocycles. The van der Waals surface area contributed by atoms with E-state index in [1.807, 2.05) is 30.0 Å². The van der Waals surface area contributed by atoms with E-state index in [4.69, 9.17) is 16.6 Å². The lowest BCUT2D eigenvalue weighted by atomic mass is 9.86. The number of benzene rings is 1. The van der Waals surface area contributed by atoms with Crippen LogP contribution in [0.2, 0.25) is 5.02 Å².